The Kier molecular flexibility index (Phi) is 3.77. The fraction of sp³-hybridized carbons (Fsp3) is 0.875. The third-order valence-corrected chi connectivity index (χ3v) is 4.19. The summed E-state index contributed by atoms with van der Waals surface area (Å²) in [5.41, 5.74) is 0. The smallest absolute Gasteiger partial charge is 0.226 e. The van der Waals surface area contributed by atoms with Gasteiger partial charge in [0.2, 0.25) is 5.91 Å². The zero-order valence-electron chi connectivity index (χ0n) is 7.49. The molecule has 2 nitrogen and oxygen atoms in total. The van der Waals surface area contributed by atoms with Crippen molar-refractivity contribution in [3.8, 4) is 0 Å². The molecule has 1 aliphatic rings. The molecular formula is C8H15NOS2. The van der Waals surface area contributed by atoms with Gasteiger partial charge >= 0.3 is 0 Å². The number of thiol groups is 1. The molecule has 4 heteroatoms. The maximum absolute atomic E-state index is 11.5. The van der Waals surface area contributed by atoms with E-state index in [2.05, 4.69) is 12.6 Å². The van der Waals surface area contributed by atoms with Crippen LogP contribution < -0.4 is 0 Å². The lowest BCUT2D eigenvalue weighted by Crippen LogP contribution is -2.29. The highest BCUT2D eigenvalue weighted by Crippen LogP contribution is 2.32. The number of carbonyl (C=O) groups excluding carboxylic acids is 1. The van der Waals surface area contributed by atoms with Gasteiger partial charge in [0.25, 0.3) is 0 Å². The van der Waals surface area contributed by atoms with E-state index in [-0.39, 0.29) is 11.8 Å². The van der Waals surface area contributed by atoms with Gasteiger partial charge in [-0.2, -0.15) is 24.4 Å². The van der Waals surface area contributed by atoms with Crippen LogP contribution in [0.1, 0.15) is 6.42 Å². The summed E-state index contributed by atoms with van der Waals surface area (Å²) in [6.45, 7) is 0. The number of carbonyl (C=O) groups is 1. The molecule has 1 fully saturated rings. The van der Waals surface area contributed by atoms with Crippen molar-refractivity contribution in [3.63, 3.8) is 0 Å². The van der Waals surface area contributed by atoms with Crippen LogP contribution in [0.2, 0.25) is 0 Å². The highest BCUT2D eigenvalue weighted by atomic mass is 32.2. The highest BCUT2D eigenvalue weighted by Gasteiger charge is 2.30. The summed E-state index contributed by atoms with van der Waals surface area (Å²) in [5.74, 6) is 2.37. The number of rotatable bonds is 2. The highest BCUT2D eigenvalue weighted by molar-refractivity contribution is 8.00. The Hall–Kier alpha value is 0.170. The van der Waals surface area contributed by atoms with Gasteiger partial charge in [-0.15, -0.1) is 0 Å². The molecule has 0 aromatic carbocycles. The zero-order chi connectivity index (χ0) is 9.14. The van der Waals surface area contributed by atoms with Crippen molar-refractivity contribution in [2.45, 2.75) is 11.7 Å². The van der Waals surface area contributed by atoms with Crippen LogP contribution in [0.25, 0.3) is 0 Å². The van der Waals surface area contributed by atoms with E-state index < -0.39 is 0 Å². The predicted octanol–water partition coefficient (Wildman–Crippen LogP) is 1.13. The fourth-order valence-electron chi connectivity index (χ4n) is 1.37. The summed E-state index contributed by atoms with van der Waals surface area (Å²) in [7, 11) is 3.64. The Balaban J connectivity index is 2.41. The molecule has 0 aromatic heterocycles. The monoisotopic (exact) mass is 205 g/mol. The van der Waals surface area contributed by atoms with Gasteiger partial charge in [-0.25, -0.2) is 0 Å². The maximum atomic E-state index is 11.5. The topological polar surface area (TPSA) is 20.3 Å². The maximum Gasteiger partial charge on any atom is 0.226 e. The molecule has 12 heavy (non-hydrogen) atoms. The Morgan fingerprint density at radius 3 is 2.75 bits per heavy atom. The lowest BCUT2D eigenvalue weighted by Gasteiger charge is -2.14. The molecule has 0 N–H and O–H groups in total. The van der Waals surface area contributed by atoms with E-state index >= 15 is 0 Å². The van der Waals surface area contributed by atoms with E-state index in [9.17, 15) is 4.79 Å². The van der Waals surface area contributed by atoms with Crippen molar-refractivity contribution in [3.05, 3.63) is 0 Å². The van der Waals surface area contributed by atoms with Crippen LogP contribution in [0.15, 0.2) is 0 Å². The molecule has 0 saturated carbocycles. The van der Waals surface area contributed by atoms with Crippen LogP contribution in [-0.2, 0) is 4.79 Å². The molecule has 0 radical (unpaired) electrons. The number of nitrogens with zero attached hydrogens (tertiary/aromatic N) is 1. The quantitative estimate of drug-likeness (QED) is 0.682. The van der Waals surface area contributed by atoms with Crippen LogP contribution in [0.4, 0.5) is 0 Å². The first-order valence-corrected chi connectivity index (χ1v) is 5.77. The van der Waals surface area contributed by atoms with E-state index in [1.807, 2.05) is 25.9 Å². The van der Waals surface area contributed by atoms with Gasteiger partial charge in [0, 0.05) is 36.8 Å². The molecule has 1 rings (SSSR count). The Labute approximate surface area is 83.5 Å². The SMILES string of the molecule is CN(C)C(=O)[C@@H]1CS[C@@H](CS)C1. The third kappa shape index (κ3) is 2.33. The third-order valence-electron chi connectivity index (χ3n) is 2.07. The van der Waals surface area contributed by atoms with Crippen LogP contribution in [0, 0.1) is 5.92 Å². The first-order chi connectivity index (χ1) is 5.65. The molecule has 1 amide bonds. The van der Waals surface area contributed by atoms with Crippen molar-refractivity contribution in [1.82, 2.24) is 4.90 Å². The zero-order valence-corrected chi connectivity index (χ0v) is 9.20. The molecule has 0 aliphatic carbocycles. The van der Waals surface area contributed by atoms with Gasteiger partial charge in [-0.3, -0.25) is 4.79 Å². The minimum Gasteiger partial charge on any atom is -0.349 e. The Morgan fingerprint density at radius 1 is 1.67 bits per heavy atom. The van der Waals surface area contributed by atoms with Crippen LogP contribution in [-0.4, -0.2) is 41.7 Å². The van der Waals surface area contributed by atoms with Gasteiger partial charge in [-0.05, 0) is 6.42 Å². The average Bonchev–Trinajstić information content (AvgIpc) is 2.50. The van der Waals surface area contributed by atoms with E-state index in [1.54, 1.807) is 4.90 Å². The lowest BCUT2D eigenvalue weighted by atomic mass is 10.1. The second-order valence-electron chi connectivity index (χ2n) is 3.30. The van der Waals surface area contributed by atoms with Gasteiger partial charge in [0.1, 0.15) is 0 Å². The minimum atomic E-state index is 0.238. The van der Waals surface area contributed by atoms with Crippen LogP contribution >= 0.6 is 24.4 Å². The molecule has 1 aliphatic heterocycles. The second-order valence-corrected chi connectivity index (χ2v) is 5.00. The molecule has 0 spiro atoms. The lowest BCUT2D eigenvalue weighted by molar-refractivity contribution is -0.132. The summed E-state index contributed by atoms with van der Waals surface area (Å²) in [4.78, 5) is 13.2. The molecule has 1 saturated heterocycles. The number of hydrogen-bond donors (Lipinski definition) is 1. The summed E-state index contributed by atoms with van der Waals surface area (Å²) in [6.07, 6.45) is 1.01. The number of hydrogen-bond acceptors (Lipinski definition) is 3. The number of amides is 1. The van der Waals surface area contributed by atoms with Crippen molar-refractivity contribution < 1.29 is 4.79 Å². The normalized spacial score (nSPS) is 28.9. The van der Waals surface area contributed by atoms with Crippen molar-refractivity contribution in [2.24, 2.45) is 5.92 Å². The van der Waals surface area contributed by atoms with Crippen LogP contribution in [0.5, 0.6) is 0 Å². The van der Waals surface area contributed by atoms with Crippen molar-refractivity contribution in [1.29, 1.82) is 0 Å². The van der Waals surface area contributed by atoms with E-state index in [4.69, 9.17) is 0 Å². The molecule has 0 aromatic rings. The van der Waals surface area contributed by atoms with Gasteiger partial charge in [-0.1, -0.05) is 0 Å². The van der Waals surface area contributed by atoms with E-state index in [0.717, 1.165) is 17.9 Å². The first-order valence-electron chi connectivity index (χ1n) is 4.08. The van der Waals surface area contributed by atoms with Crippen LogP contribution in [0.3, 0.4) is 0 Å². The standard InChI is InChI=1S/C8H15NOS2/c1-9(2)8(10)6-3-7(4-11)12-5-6/h6-7,11H,3-5H2,1-2H3/t6-,7+/m0/s1. The molecule has 0 bridgehead atoms. The molecule has 1 heterocycles. The van der Waals surface area contributed by atoms with Crippen molar-refractivity contribution in [2.75, 3.05) is 25.6 Å². The molecule has 70 valence electrons. The van der Waals surface area contributed by atoms with E-state index in [1.165, 1.54) is 0 Å². The number of thioether (sulfide) groups is 1. The van der Waals surface area contributed by atoms with Gasteiger partial charge < -0.3 is 4.90 Å². The van der Waals surface area contributed by atoms with E-state index in [0.29, 0.717) is 5.25 Å². The summed E-state index contributed by atoms with van der Waals surface area (Å²) in [5, 5.41) is 0.585. The minimum absolute atomic E-state index is 0.238. The largest absolute Gasteiger partial charge is 0.349 e. The summed E-state index contributed by atoms with van der Waals surface area (Å²) < 4.78 is 0. The predicted molar refractivity (Wildman–Crippen MR) is 56.9 cm³/mol. The van der Waals surface area contributed by atoms with Gasteiger partial charge in [0.05, 0.1) is 0 Å². The van der Waals surface area contributed by atoms with Gasteiger partial charge in [0.15, 0.2) is 0 Å². The molecule has 0 unspecified atom stereocenters. The Bertz CT molecular complexity index is 172. The Morgan fingerprint density at radius 2 is 2.33 bits per heavy atom. The fourth-order valence-corrected chi connectivity index (χ4v) is 3.09. The average molecular weight is 205 g/mol. The molecule has 2 atom stereocenters. The summed E-state index contributed by atoms with van der Waals surface area (Å²) >= 11 is 6.10. The first kappa shape index (κ1) is 10.3. The second kappa shape index (κ2) is 4.42. The summed E-state index contributed by atoms with van der Waals surface area (Å²) in [6, 6.07) is 0. The molecular weight excluding hydrogens is 190 g/mol. The van der Waals surface area contributed by atoms with Crippen molar-refractivity contribution >= 4 is 30.3 Å².